The summed E-state index contributed by atoms with van der Waals surface area (Å²) in [5, 5.41) is 3.71. The molecule has 0 fully saturated rings. The van der Waals surface area contributed by atoms with Crippen LogP contribution < -0.4 is 10.9 Å². The van der Waals surface area contributed by atoms with Gasteiger partial charge in [-0.25, -0.2) is 0 Å². The lowest BCUT2D eigenvalue weighted by Gasteiger charge is -2.29. The first-order valence-corrected chi connectivity index (χ1v) is 7.68. The Balaban J connectivity index is 1.80. The predicted molar refractivity (Wildman–Crippen MR) is 85.5 cm³/mol. The first kappa shape index (κ1) is 14.1. The standard InChI is InChI=1S/C18H22N2O/c1-12-6-8-14(9-7-12)13(2)19-16-4-3-5-17-15(16)10-11-18(21)20-17/h6-11,13,16,19H,3-5H2,1-2H3,(H,20,21). The smallest absolute Gasteiger partial charge is 0.248 e. The van der Waals surface area contributed by atoms with Crippen LogP contribution in [0.2, 0.25) is 0 Å². The summed E-state index contributed by atoms with van der Waals surface area (Å²) in [7, 11) is 0. The van der Waals surface area contributed by atoms with Gasteiger partial charge in [-0.2, -0.15) is 0 Å². The van der Waals surface area contributed by atoms with Crippen LogP contribution >= 0.6 is 0 Å². The van der Waals surface area contributed by atoms with Gasteiger partial charge in [0.2, 0.25) is 5.56 Å². The maximum absolute atomic E-state index is 11.4. The van der Waals surface area contributed by atoms with Crippen LogP contribution in [0.15, 0.2) is 41.2 Å². The average molecular weight is 282 g/mol. The molecule has 1 aliphatic rings. The number of hydrogen-bond donors (Lipinski definition) is 2. The zero-order valence-corrected chi connectivity index (χ0v) is 12.6. The van der Waals surface area contributed by atoms with Crippen molar-refractivity contribution in [3.05, 3.63) is 69.1 Å². The van der Waals surface area contributed by atoms with E-state index in [9.17, 15) is 4.79 Å². The van der Waals surface area contributed by atoms with Gasteiger partial charge in [0.1, 0.15) is 0 Å². The van der Waals surface area contributed by atoms with Crippen LogP contribution in [0, 0.1) is 6.92 Å². The highest BCUT2D eigenvalue weighted by Crippen LogP contribution is 2.30. The van der Waals surface area contributed by atoms with E-state index < -0.39 is 0 Å². The predicted octanol–water partition coefficient (Wildman–Crippen LogP) is 3.41. The molecule has 0 aliphatic heterocycles. The lowest BCUT2D eigenvalue weighted by molar-refractivity contribution is 0.411. The molecule has 1 aromatic carbocycles. The molecule has 3 rings (SSSR count). The van der Waals surface area contributed by atoms with E-state index in [1.54, 1.807) is 6.07 Å². The fraction of sp³-hybridized carbons (Fsp3) is 0.389. The molecule has 0 amide bonds. The van der Waals surface area contributed by atoms with Crippen LogP contribution in [0.5, 0.6) is 0 Å². The molecule has 3 nitrogen and oxygen atoms in total. The van der Waals surface area contributed by atoms with Crippen molar-refractivity contribution in [3.63, 3.8) is 0 Å². The summed E-state index contributed by atoms with van der Waals surface area (Å²) >= 11 is 0. The van der Waals surface area contributed by atoms with Gasteiger partial charge < -0.3 is 10.3 Å². The molecule has 0 spiro atoms. The summed E-state index contributed by atoms with van der Waals surface area (Å²) in [6.07, 6.45) is 3.21. The minimum Gasteiger partial charge on any atom is -0.326 e. The molecule has 2 N–H and O–H groups in total. The van der Waals surface area contributed by atoms with Crippen molar-refractivity contribution >= 4 is 0 Å². The van der Waals surface area contributed by atoms with Crippen molar-refractivity contribution in [2.75, 3.05) is 0 Å². The van der Waals surface area contributed by atoms with Gasteiger partial charge in [-0.3, -0.25) is 4.79 Å². The molecule has 0 radical (unpaired) electrons. The summed E-state index contributed by atoms with van der Waals surface area (Å²) in [6.45, 7) is 4.31. The number of rotatable bonds is 3. The fourth-order valence-electron chi connectivity index (χ4n) is 3.13. The minimum atomic E-state index is 0.000910. The Morgan fingerprint density at radius 3 is 2.71 bits per heavy atom. The van der Waals surface area contributed by atoms with E-state index in [2.05, 4.69) is 48.4 Å². The Bertz CT molecular complexity index is 672. The third-order valence-electron chi connectivity index (χ3n) is 4.36. The van der Waals surface area contributed by atoms with E-state index in [-0.39, 0.29) is 5.56 Å². The second-order valence-electron chi connectivity index (χ2n) is 6.00. The number of aryl methyl sites for hydroxylation is 2. The van der Waals surface area contributed by atoms with Gasteiger partial charge in [0.25, 0.3) is 0 Å². The first-order chi connectivity index (χ1) is 10.1. The fourth-order valence-corrected chi connectivity index (χ4v) is 3.13. The number of aromatic nitrogens is 1. The molecule has 0 saturated carbocycles. The molecule has 110 valence electrons. The third-order valence-corrected chi connectivity index (χ3v) is 4.36. The lowest BCUT2D eigenvalue weighted by atomic mass is 9.90. The van der Waals surface area contributed by atoms with Crippen LogP contribution in [-0.2, 0) is 6.42 Å². The number of pyridine rings is 1. The highest BCUT2D eigenvalue weighted by atomic mass is 16.1. The maximum Gasteiger partial charge on any atom is 0.248 e. The van der Waals surface area contributed by atoms with E-state index in [1.807, 2.05) is 6.07 Å². The normalized spacial score (nSPS) is 19.0. The Hall–Kier alpha value is -1.87. The summed E-state index contributed by atoms with van der Waals surface area (Å²) < 4.78 is 0. The Morgan fingerprint density at radius 1 is 1.19 bits per heavy atom. The molecule has 1 aliphatic carbocycles. The van der Waals surface area contributed by atoms with Gasteiger partial charge in [-0.15, -0.1) is 0 Å². The molecular weight excluding hydrogens is 260 g/mol. The number of benzene rings is 1. The van der Waals surface area contributed by atoms with Gasteiger partial charge in [0.05, 0.1) is 0 Å². The Labute approximate surface area is 125 Å². The highest BCUT2D eigenvalue weighted by Gasteiger charge is 2.22. The molecule has 0 bridgehead atoms. The Morgan fingerprint density at radius 2 is 1.95 bits per heavy atom. The van der Waals surface area contributed by atoms with Crippen LogP contribution in [0.1, 0.15) is 54.2 Å². The first-order valence-electron chi connectivity index (χ1n) is 7.68. The number of nitrogens with one attached hydrogen (secondary N) is 2. The van der Waals surface area contributed by atoms with Crippen molar-refractivity contribution in [2.45, 2.75) is 45.2 Å². The SMILES string of the molecule is Cc1ccc(C(C)NC2CCCc3[nH]c(=O)ccc32)cc1. The van der Waals surface area contributed by atoms with Gasteiger partial charge in [0.15, 0.2) is 0 Å². The number of fused-ring (bicyclic) bond motifs is 1. The number of hydrogen-bond acceptors (Lipinski definition) is 2. The molecular formula is C18H22N2O. The second-order valence-corrected chi connectivity index (χ2v) is 6.00. The van der Waals surface area contributed by atoms with Gasteiger partial charge >= 0.3 is 0 Å². The molecule has 1 aromatic heterocycles. The maximum atomic E-state index is 11.4. The molecule has 2 unspecified atom stereocenters. The minimum absolute atomic E-state index is 0.000910. The van der Waals surface area contributed by atoms with Gasteiger partial charge in [0, 0.05) is 23.8 Å². The van der Waals surface area contributed by atoms with Crippen molar-refractivity contribution in [3.8, 4) is 0 Å². The summed E-state index contributed by atoms with van der Waals surface area (Å²) in [4.78, 5) is 14.4. The zero-order valence-electron chi connectivity index (χ0n) is 12.6. The molecule has 2 atom stereocenters. The van der Waals surface area contributed by atoms with E-state index >= 15 is 0 Å². The van der Waals surface area contributed by atoms with Crippen molar-refractivity contribution in [2.24, 2.45) is 0 Å². The van der Waals surface area contributed by atoms with Crippen molar-refractivity contribution < 1.29 is 0 Å². The molecule has 1 heterocycles. The van der Waals surface area contributed by atoms with E-state index in [4.69, 9.17) is 0 Å². The zero-order chi connectivity index (χ0) is 14.8. The molecule has 0 saturated heterocycles. The van der Waals surface area contributed by atoms with E-state index in [1.165, 1.54) is 16.7 Å². The molecule has 3 heteroatoms. The Kier molecular flexibility index (Phi) is 3.93. The van der Waals surface area contributed by atoms with Gasteiger partial charge in [-0.1, -0.05) is 35.9 Å². The summed E-state index contributed by atoms with van der Waals surface area (Å²) in [6, 6.07) is 12.9. The van der Waals surface area contributed by atoms with Crippen LogP contribution in [0.25, 0.3) is 0 Å². The number of H-pyrrole nitrogens is 1. The summed E-state index contributed by atoms with van der Waals surface area (Å²) in [5.74, 6) is 0. The monoisotopic (exact) mass is 282 g/mol. The van der Waals surface area contributed by atoms with Crippen molar-refractivity contribution in [1.82, 2.24) is 10.3 Å². The summed E-state index contributed by atoms with van der Waals surface area (Å²) in [5.41, 5.74) is 4.94. The molecule has 2 aromatic rings. The van der Waals surface area contributed by atoms with Gasteiger partial charge in [-0.05, 0) is 44.2 Å². The van der Waals surface area contributed by atoms with Crippen LogP contribution in [0.3, 0.4) is 0 Å². The van der Waals surface area contributed by atoms with Crippen LogP contribution in [0.4, 0.5) is 0 Å². The highest BCUT2D eigenvalue weighted by molar-refractivity contribution is 5.28. The number of aromatic amines is 1. The topological polar surface area (TPSA) is 44.9 Å². The van der Waals surface area contributed by atoms with Crippen molar-refractivity contribution in [1.29, 1.82) is 0 Å². The largest absolute Gasteiger partial charge is 0.326 e. The molecule has 21 heavy (non-hydrogen) atoms. The quantitative estimate of drug-likeness (QED) is 0.906. The third kappa shape index (κ3) is 3.08. The van der Waals surface area contributed by atoms with E-state index in [0.717, 1.165) is 25.0 Å². The van der Waals surface area contributed by atoms with E-state index in [0.29, 0.717) is 12.1 Å². The van der Waals surface area contributed by atoms with Crippen LogP contribution in [-0.4, -0.2) is 4.98 Å². The second kappa shape index (κ2) is 5.86. The average Bonchev–Trinajstić information content (AvgIpc) is 2.47. The lowest BCUT2D eigenvalue weighted by Crippen LogP contribution is -2.29.